The van der Waals surface area contributed by atoms with Crippen LogP contribution in [0.25, 0.3) is 0 Å². The van der Waals surface area contributed by atoms with Gasteiger partial charge in [-0.05, 0) is 6.92 Å². The molecule has 0 aliphatic carbocycles. The zero-order valence-electron chi connectivity index (χ0n) is 5.13. The van der Waals surface area contributed by atoms with Crippen molar-refractivity contribution in [2.75, 3.05) is 19.6 Å². The summed E-state index contributed by atoms with van der Waals surface area (Å²) in [6.07, 6.45) is -0.0243. The van der Waals surface area contributed by atoms with Crippen molar-refractivity contribution >= 4 is 7.37 Å². The van der Waals surface area contributed by atoms with E-state index in [1.807, 2.05) is 0 Å². The zero-order valence-corrected chi connectivity index (χ0v) is 6.02. The van der Waals surface area contributed by atoms with Gasteiger partial charge in [-0.25, -0.2) is 0 Å². The number of ether oxygens (including phenoxy) is 1. The van der Waals surface area contributed by atoms with Gasteiger partial charge in [-0.2, -0.15) is 0 Å². The Bertz CT molecular complexity index is 95.5. The van der Waals surface area contributed by atoms with E-state index < -0.39 is 7.37 Å². The number of rotatable bonds is 3. The molecule has 0 aromatic carbocycles. The highest BCUT2D eigenvalue weighted by atomic mass is 31.2. The van der Waals surface area contributed by atoms with Crippen molar-refractivity contribution in [1.29, 1.82) is 0 Å². The minimum Gasteiger partial charge on any atom is -0.372 e. The molecule has 50 valence electrons. The van der Waals surface area contributed by atoms with Gasteiger partial charge in [-0.1, -0.05) is 0 Å². The van der Waals surface area contributed by atoms with Crippen LogP contribution in [0.15, 0.2) is 0 Å². The Hall–Kier alpha value is 0.150. The van der Waals surface area contributed by atoms with Crippen LogP contribution in [-0.2, 0) is 9.30 Å². The van der Waals surface area contributed by atoms with Crippen LogP contribution in [0, 0.1) is 0 Å². The Morgan fingerprint density at radius 3 is 2.38 bits per heavy atom. The summed E-state index contributed by atoms with van der Waals surface area (Å²) in [5.41, 5.74) is 0. The smallest absolute Gasteiger partial charge is 0.222 e. The number of hydrogen-bond acceptors (Lipinski definition) is 2. The van der Waals surface area contributed by atoms with E-state index in [2.05, 4.69) is 4.74 Å². The maximum atomic E-state index is 10.4. The predicted octanol–water partition coefficient (Wildman–Crippen LogP) is 0.881. The molecule has 0 aliphatic rings. The maximum Gasteiger partial charge on any atom is 0.222 e. The van der Waals surface area contributed by atoms with Crippen molar-refractivity contribution in [1.82, 2.24) is 0 Å². The predicted molar refractivity (Wildman–Crippen MR) is 32.2 cm³/mol. The highest BCUT2D eigenvalue weighted by Gasteiger charge is 2.07. The van der Waals surface area contributed by atoms with Crippen LogP contribution < -0.4 is 0 Å². The third-order valence-corrected chi connectivity index (χ3v) is 1.20. The highest BCUT2D eigenvalue weighted by molar-refractivity contribution is 7.56. The molecular weight excluding hydrogens is 127 g/mol. The summed E-state index contributed by atoms with van der Waals surface area (Å²) in [7, 11) is -2.90. The van der Waals surface area contributed by atoms with Gasteiger partial charge in [0.1, 0.15) is 6.35 Å². The molecule has 1 atom stereocenters. The molecule has 0 saturated heterocycles. The molecule has 0 heterocycles. The first kappa shape index (κ1) is 8.15. The lowest BCUT2D eigenvalue weighted by atomic mass is 10.9. The van der Waals surface area contributed by atoms with Crippen molar-refractivity contribution < 1.29 is 14.2 Å². The van der Waals surface area contributed by atoms with Crippen molar-refractivity contribution in [3.8, 4) is 0 Å². The van der Waals surface area contributed by atoms with Gasteiger partial charge in [0.05, 0.1) is 0 Å². The fraction of sp³-hybridized carbons (Fsp3) is 1.00. The van der Waals surface area contributed by atoms with Gasteiger partial charge in [-0.15, -0.1) is 0 Å². The average molecular weight is 138 g/mol. The molecule has 0 aliphatic heterocycles. The molecule has 0 saturated carbocycles. The maximum absolute atomic E-state index is 10.4. The molecule has 1 unspecified atom stereocenters. The molecule has 0 bridgehead atoms. The molecule has 0 spiro atoms. The van der Waals surface area contributed by atoms with Gasteiger partial charge in [-0.3, -0.25) is 4.57 Å². The second kappa shape index (κ2) is 3.23. The summed E-state index contributed by atoms with van der Waals surface area (Å²) in [6, 6.07) is 0. The quantitative estimate of drug-likeness (QED) is 0.589. The lowest BCUT2D eigenvalue weighted by molar-refractivity contribution is 0.184. The number of hydrogen-bond donors (Lipinski definition) is 1. The van der Waals surface area contributed by atoms with Crippen LogP contribution in [0.4, 0.5) is 0 Å². The van der Waals surface area contributed by atoms with Crippen molar-refractivity contribution in [3.05, 3.63) is 0 Å². The molecule has 0 aromatic heterocycles. The molecule has 0 amide bonds. The SMILES string of the molecule is CCOCP(C)(=O)O. The van der Waals surface area contributed by atoms with Crippen LogP contribution in [0.2, 0.25) is 0 Å². The monoisotopic (exact) mass is 138 g/mol. The third-order valence-electron chi connectivity index (χ3n) is 0.535. The molecule has 8 heavy (non-hydrogen) atoms. The Kier molecular flexibility index (Phi) is 3.29. The van der Waals surface area contributed by atoms with E-state index in [0.29, 0.717) is 6.61 Å². The van der Waals surface area contributed by atoms with E-state index in [9.17, 15) is 4.57 Å². The van der Waals surface area contributed by atoms with Gasteiger partial charge >= 0.3 is 0 Å². The molecule has 0 radical (unpaired) electrons. The van der Waals surface area contributed by atoms with Crippen LogP contribution >= 0.6 is 7.37 Å². The summed E-state index contributed by atoms with van der Waals surface area (Å²) < 4.78 is 15.1. The molecule has 0 fully saturated rings. The topological polar surface area (TPSA) is 46.5 Å². The third kappa shape index (κ3) is 6.15. The van der Waals surface area contributed by atoms with Gasteiger partial charge in [0, 0.05) is 13.3 Å². The second-order valence-electron chi connectivity index (χ2n) is 1.67. The summed E-state index contributed by atoms with van der Waals surface area (Å²) in [5, 5.41) is 0. The van der Waals surface area contributed by atoms with E-state index in [4.69, 9.17) is 4.89 Å². The summed E-state index contributed by atoms with van der Waals surface area (Å²) in [4.78, 5) is 8.58. The first-order valence-electron chi connectivity index (χ1n) is 2.43. The molecule has 1 N–H and O–H groups in total. The summed E-state index contributed by atoms with van der Waals surface area (Å²) in [5.74, 6) is 0. The average Bonchev–Trinajstić information content (AvgIpc) is 1.59. The highest BCUT2D eigenvalue weighted by Crippen LogP contribution is 2.34. The Balaban J connectivity index is 3.26. The van der Waals surface area contributed by atoms with E-state index in [-0.39, 0.29) is 6.35 Å². The second-order valence-corrected chi connectivity index (χ2v) is 4.03. The van der Waals surface area contributed by atoms with Crippen molar-refractivity contribution in [2.24, 2.45) is 0 Å². The van der Waals surface area contributed by atoms with Gasteiger partial charge in [0.2, 0.25) is 7.37 Å². The largest absolute Gasteiger partial charge is 0.372 e. The Morgan fingerprint density at radius 1 is 1.75 bits per heavy atom. The minimum absolute atomic E-state index is 0.0243. The van der Waals surface area contributed by atoms with Crippen molar-refractivity contribution in [3.63, 3.8) is 0 Å². The van der Waals surface area contributed by atoms with Gasteiger partial charge < -0.3 is 9.63 Å². The van der Waals surface area contributed by atoms with Gasteiger partial charge in [0.25, 0.3) is 0 Å². The molecular formula is C4H11O3P. The first-order chi connectivity index (χ1) is 3.56. The lowest BCUT2D eigenvalue weighted by Crippen LogP contribution is -1.92. The summed E-state index contributed by atoms with van der Waals surface area (Å²) >= 11 is 0. The molecule has 3 nitrogen and oxygen atoms in total. The Morgan fingerprint density at radius 2 is 2.25 bits per heavy atom. The van der Waals surface area contributed by atoms with Crippen LogP contribution in [0.1, 0.15) is 6.92 Å². The Labute approximate surface area is 49.1 Å². The lowest BCUT2D eigenvalue weighted by Gasteiger charge is -2.02. The minimum atomic E-state index is -2.90. The summed E-state index contributed by atoms with van der Waals surface area (Å²) in [6.45, 7) is 3.57. The fourth-order valence-electron chi connectivity index (χ4n) is 0.261. The molecule has 4 heteroatoms. The first-order valence-corrected chi connectivity index (χ1v) is 4.72. The van der Waals surface area contributed by atoms with Crippen LogP contribution in [-0.4, -0.2) is 24.5 Å². The van der Waals surface area contributed by atoms with Crippen LogP contribution in [0.5, 0.6) is 0 Å². The van der Waals surface area contributed by atoms with E-state index in [1.165, 1.54) is 6.66 Å². The normalized spacial score (nSPS) is 17.9. The molecule has 0 aromatic rings. The van der Waals surface area contributed by atoms with E-state index in [1.54, 1.807) is 6.92 Å². The van der Waals surface area contributed by atoms with E-state index in [0.717, 1.165) is 0 Å². The molecule has 0 rings (SSSR count). The van der Waals surface area contributed by atoms with E-state index >= 15 is 0 Å². The fourth-order valence-corrected chi connectivity index (χ4v) is 0.782. The van der Waals surface area contributed by atoms with Crippen LogP contribution in [0.3, 0.4) is 0 Å². The standard InChI is InChI=1S/C4H11O3P/c1-3-7-4-8(2,5)6/h3-4H2,1-2H3,(H,5,6). The van der Waals surface area contributed by atoms with Gasteiger partial charge in [0.15, 0.2) is 0 Å². The zero-order chi connectivity index (χ0) is 6.62. The van der Waals surface area contributed by atoms with Crippen molar-refractivity contribution in [2.45, 2.75) is 6.92 Å².